The van der Waals surface area contributed by atoms with Crippen LogP contribution in [0.5, 0.6) is 0 Å². The third-order valence-corrected chi connectivity index (χ3v) is 2.42. The molecule has 4 heteroatoms. The minimum Gasteiger partial charge on any atom is -0.468 e. The highest BCUT2D eigenvalue weighted by Crippen LogP contribution is 2.13. The number of nitrogens with one attached hydrogen (secondary N) is 1. The maximum atomic E-state index is 11.7. The van der Waals surface area contributed by atoms with Crippen LogP contribution in [0.1, 0.15) is 27.2 Å². The molecule has 1 unspecified atom stereocenters. The van der Waals surface area contributed by atoms with Crippen molar-refractivity contribution in [2.75, 3.05) is 27.4 Å². The van der Waals surface area contributed by atoms with Crippen molar-refractivity contribution in [2.24, 2.45) is 5.92 Å². The van der Waals surface area contributed by atoms with E-state index in [0.29, 0.717) is 18.9 Å². The van der Waals surface area contributed by atoms with Gasteiger partial charge in [0.15, 0.2) is 0 Å². The summed E-state index contributed by atoms with van der Waals surface area (Å²) in [5.41, 5.74) is -0.701. The second-order valence-electron chi connectivity index (χ2n) is 4.14. The Kier molecular flexibility index (Phi) is 6.52. The van der Waals surface area contributed by atoms with Gasteiger partial charge in [-0.05, 0) is 18.9 Å². The standard InChI is InChI=1S/C11H23NO3/c1-6-11(8-14-4,10(13)15-5)12-7-9(2)3/h9,12H,6-8H2,1-5H3. The first kappa shape index (κ1) is 14.4. The largest absolute Gasteiger partial charge is 0.468 e. The van der Waals surface area contributed by atoms with Crippen LogP contribution in [0, 0.1) is 5.92 Å². The predicted octanol–water partition coefficient (Wildman–Crippen LogP) is 1.20. The van der Waals surface area contributed by atoms with Gasteiger partial charge in [-0.15, -0.1) is 0 Å². The molecule has 15 heavy (non-hydrogen) atoms. The fourth-order valence-electron chi connectivity index (χ4n) is 1.39. The number of carbonyl (C=O) groups excluding carboxylic acids is 1. The van der Waals surface area contributed by atoms with E-state index in [9.17, 15) is 4.79 Å². The topological polar surface area (TPSA) is 47.6 Å². The second kappa shape index (κ2) is 6.80. The molecule has 0 aliphatic carbocycles. The van der Waals surface area contributed by atoms with Crippen LogP contribution < -0.4 is 5.32 Å². The monoisotopic (exact) mass is 217 g/mol. The van der Waals surface area contributed by atoms with Crippen molar-refractivity contribution in [1.82, 2.24) is 5.32 Å². The second-order valence-corrected chi connectivity index (χ2v) is 4.14. The van der Waals surface area contributed by atoms with Gasteiger partial charge in [0, 0.05) is 7.11 Å². The molecule has 0 amide bonds. The summed E-state index contributed by atoms with van der Waals surface area (Å²) in [6, 6.07) is 0. The maximum Gasteiger partial charge on any atom is 0.328 e. The average molecular weight is 217 g/mol. The Balaban J connectivity index is 4.57. The summed E-state index contributed by atoms with van der Waals surface area (Å²) in [6.45, 7) is 7.24. The summed E-state index contributed by atoms with van der Waals surface area (Å²) in [6.07, 6.45) is 0.653. The number of hydrogen-bond donors (Lipinski definition) is 1. The van der Waals surface area contributed by atoms with Crippen molar-refractivity contribution in [2.45, 2.75) is 32.7 Å². The van der Waals surface area contributed by atoms with Gasteiger partial charge < -0.3 is 9.47 Å². The van der Waals surface area contributed by atoms with Crippen molar-refractivity contribution in [1.29, 1.82) is 0 Å². The Morgan fingerprint density at radius 1 is 1.40 bits per heavy atom. The molecular weight excluding hydrogens is 194 g/mol. The van der Waals surface area contributed by atoms with Gasteiger partial charge in [0.2, 0.25) is 0 Å². The van der Waals surface area contributed by atoms with E-state index in [0.717, 1.165) is 6.54 Å². The highest BCUT2D eigenvalue weighted by atomic mass is 16.5. The van der Waals surface area contributed by atoms with Crippen LogP contribution >= 0.6 is 0 Å². The molecule has 0 fully saturated rings. The molecule has 4 nitrogen and oxygen atoms in total. The molecule has 1 N–H and O–H groups in total. The van der Waals surface area contributed by atoms with Gasteiger partial charge in [-0.2, -0.15) is 0 Å². The zero-order valence-electron chi connectivity index (χ0n) is 10.4. The van der Waals surface area contributed by atoms with Crippen LogP contribution in [-0.2, 0) is 14.3 Å². The Hall–Kier alpha value is -0.610. The smallest absolute Gasteiger partial charge is 0.328 e. The van der Waals surface area contributed by atoms with Gasteiger partial charge in [-0.3, -0.25) is 5.32 Å². The van der Waals surface area contributed by atoms with E-state index >= 15 is 0 Å². The Morgan fingerprint density at radius 3 is 2.33 bits per heavy atom. The third-order valence-electron chi connectivity index (χ3n) is 2.42. The summed E-state index contributed by atoms with van der Waals surface area (Å²) >= 11 is 0. The summed E-state index contributed by atoms with van der Waals surface area (Å²) in [5.74, 6) is 0.227. The fraction of sp³-hybridized carbons (Fsp3) is 0.909. The molecule has 0 aromatic rings. The molecule has 0 saturated heterocycles. The van der Waals surface area contributed by atoms with E-state index in [2.05, 4.69) is 19.2 Å². The summed E-state index contributed by atoms with van der Waals surface area (Å²) in [7, 11) is 2.99. The minimum atomic E-state index is -0.701. The Morgan fingerprint density at radius 2 is 2.00 bits per heavy atom. The molecular formula is C11H23NO3. The molecule has 0 bridgehead atoms. The summed E-state index contributed by atoms with van der Waals surface area (Å²) < 4.78 is 9.90. The number of rotatable bonds is 7. The first-order chi connectivity index (χ1) is 7.02. The van der Waals surface area contributed by atoms with Gasteiger partial charge in [-0.1, -0.05) is 20.8 Å². The molecule has 0 aromatic heterocycles. The highest BCUT2D eigenvalue weighted by Gasteiger charge is 2.37. The summed E-state index contributed by atoms with van der Waals surface area (Å²) in [4.78, 5) is 11.7. The van der Waals surface area contributed by atoms with Crippen molar-refractivity contribution in [3.63, 3.8) is 0 Å². The molecule has 0 aliphatic rings. The zero-order valence-corrected chi connectivity index (χ0v) is 10.4. The number of hydrogen-bond acceptors (Lipinski definition) is 4. The van der Waals surface area contributed by atoms with Gasteiger partial charge in [-0.25, -0.2) is 4.79 Å². The fourth-order valence-corrected chi connectivity index (χ4v) is 1.39. The van der Waals surface area contributed by atoms with Crippen LogP contribution in [0.3, 0.4) is 0 Å². The van der Waals surface area contributed by atoms with Crippen LogP contribution in [0.25, 0.3) is 0 Å². The van der Waals surface area contributed by atoms with E-state index in [4.69, 9.17) is 9.47 Å². The van der Waals surface area contributed by atoms with E-state index in [-0.39, 0.29) is 5.97 Å². The average Bonchev–Trinajstić information content (AvgIpc) is 2.23. The first-order valence-electron chi connectivity index (χ1n) is 5.34. The van der Waals surface area contributed by atoms with Crippen molar-refractivity contribution in [3.8, 4) is 0 Å². The van der Waals surface area contributed by atoms with Crippen LogP contribution in [0.15, 0.2) is 0 Å². The lowest BCUT2D eigenvalue weighted by molar-refractivity contribution is -0.151. The Labute approximate surface area is 92.3 Å². The quantitative estimate of drug-likeness (QED) is 0.651. The molecule has 90 valence electrons. The van der Waals surface area contributed by atoms with Crippen molar-refractivity contribution < 1.29 is 14.3 Å². The van der Waals surface area contributed by atoms with Crippen LogP contribution in [-0.4, -0.2) is 38.9 Å². The number of ether oxygens (including phenoxy) is 2. The predicted molar refractivity (Wildman–Crippen MR) is 59.8 cm³/mol. The highest BCUT2D eigenvalue weighted by molar-refractivity contribution is 5.80. The van der Waals surface area contributed by atoms with Crippen molar-refractivity contribution >= 4 is 5.97 Å². The van der Waals surface area contributed by atoms with E-state index < -0.39 is 5.54 Å². The molecule has 0 spiro atoms. The van der Waals surface area contributed by atoms with Gasteiger partial charge in [0.05, 0.1) is 13.7 Å². The van der Waals surface area contributed by atoms with Crippen molar-refractivity contribution in [3.05, 3.63) is 0 Å². The first-order valence-corrected chi connectivity index (χ1v) is 5.34. The van der Waals surface area contributed by atoms with E-state index in [1.165, 1.54) is 7.11 Å². The maximum absolute atomic E-state index is 11.7. The van der Waals surface area contributed by atoms with Gasteiger partial charge >= 0.3 is 5.97 Å². The molecule has 0 radical (unpaired) electrons. The SMILES string of the molecule is CCC(COC)(NCC(C)C)C(=O)OC. The molecule has 1 atom stereocenters. The molecule has 0 saturated carbocycles. The van der Waals surface area contributed by atoms with E-state index in [1.807, 2.05) is 6.92 Å². The zero-order chi connectivity index (χ0) is 11.9. The van der Waals surface area contributed by atoms with E-state index in [1.54, 1.807) is 7.11 Å². The minimum absolute atomic E-state index is 0.257. The van der Waals surface area contributed by atoms with Gasteiger partial charge in [0.1, 0.15) is 5.54 Å². The summed E-state index contributed by atoms with van der Waals surface area (Å²) in [5, 5.41) is 3.23. The number of methoxy groups -OCH3 is 2. The van der Waals surface area contributed by atoms with Crippen LogP contribution in [0.2, 0.25) is 0 Å². The third kappa shape index (κ3) is 4.18. The molecule has 0 rings (SSSR count). The lowest BCUT2D eigenvalue weighted by Crippen LogP contribution is -2.56. The number of esters is 1. The molecule has 0 aliphatic heterocycles. The lowest BCUT2D eigenvalue weighted by Gasteiger charge is -2.31. The van der Waals surface area contributed by atoms with Crippen LogP contribution in [0.4, 0.5) is 0 Å². The lowest BCUT2D eigenvalue weighted by atomic mass is 9.96. The molecule has 0 heterocycles. The number of carbonyl (C=O) groups is 1. The normalized spacial score (nSPS) is 15.1. The molecule has 0 aromatic carbocycles. The van der Waals surface area contributed by atoms with Gasteiger partial charge in [0.25, 0.3) is 0 Å². The Bertz CT molecular complexity index is 194.